The molecule has 7 heteroatoms. The zero-order valence-corrected chi connectivity index (χ0v) is 13.7. The Morgan fingerprint density at radius 3 is 2.32 bits per heavy atom. The van der Waals surface area contributed by atoms with Gasteiger partial charge in [0.1, 0.15) is 12.2 Å². The first-order chi connectivity index (χ1) is 10.3. The summed E-state index contributed by atoms with van der Waals surface area (Å²) in [4.78, 5) is 11.7. The van der Waals surface area contributed by atoms with E-state index in [1.807, 2.05) is 20.8 Å². The van der Waals surface area contributed by atoms with Crippen LogP contribution in [0, 0.1) is 0 Å². The van der Waals surface area contributed by atoms with E-state index in [-0.39, 0.29) is 12.1 Å². The van der Waals surface area contributed by atoms with Crippen LogP contribution in [0.25, 0.3) is 0 Å². The Balaban J connectivity index is 2.09. The summed E-state index contributed by atoms with van der Waals surface area (Å²) in [7, 11) is 0. The zero-order valence-electron chi connectivity index (χ0n) is 13.7. The van der Waals surface area contributed by atoms with E-state index in [2.05, 4.69) is 10.6 Å². The maximum atomic E-state index is 11.9. The molecule has 0 spiro atoms. The third kappa shape index (κ3) is 9.15. The number of amides is 1. The largest absolute Gasteiger partial charge is 0.444 e. The van der Waals surface area contributed by atoms with Gasteiger partial charge in [0.15, 0.2) is 0 Å². The van der Waals surface area contributed by atoms with Crippen molar-refractivity contribution in [3.8, 4) is 0 Å². The van der Waals surface area contributed by atoms with Gasteiger partial charge < -0.3 is 20.1 Å². The fraction of sp³-hybridized carbons (Fsp3) is 0.933. The second-order valence-electron chi connectivity index (χ2n) is 6.61. The summed E-state index contributed by atoms with van der Waals surface area (Å²) < 4.78 is 33.8. The van der Waals surface area contributed by atoms with E-state index in [1.54, 1.807) is 0 Å². The first-order valence-electron chi connectivity index (χ1n) is 7.85. The Kier molecular flexibility index (Phi) is 8.03. The highest BCUT2D eigenvalue weighted by molar-refractivity contribution is 5.68. The van der Waals surface area contributed by atoms with Gasteiger partial charge in [-0.25, -0.2) is 13.6 Å². The molecular formula is C15H28F2N2O3. The lowest BCUT2D eigenvalue weighted by Gasteiger charge is -2.30. The van der Waals surface area contributed by atoms with Crippen molar-refractivity contribution in [3.63, 3.8) is 0 Å². The lowest BCUT2D eigenvalue weighted by atomic mass is 9.91. The predicted molar refractivity (Wildman–Crippen MR) is 80.2 cm³/mol. The molecule has 1 aliphatic rings. The molecule has 0 saturated heterocycles. The lowest BCUT2D eigenvalue weighted by Crippen LogP contribution is -2.44. The first kappa shape index (κ1) is 19.1. The van der Waals surface area contributed by atoms with Crippen molar-refractivity contribution in [3.05, 3.63) is 0 Å². The topological polar surface area (TPSA) is 59.6 Å². The van der Waals surface area contributed by atoms with Crippen molar-refractivity contribution >= 4 is 6.09 Å². The van der Waals surface area contributed by atoms with E-state index in [0.717, 1.165) is 25.7 Å². The van der Waals surface area contributed by atoms with Crippen molar-refractivity contribution in [1.82, 2.24) is 10.6 Å². The highest BCUT2D eigenvalue weighted by atomic mass is 19.3. The highest BCUT2D eigenvalue weighted by Gasteiger charge is 2.24. The molecule has 1 fully saturated rings. The number of carbonyl (C=O) groups is 1. The number of rotatable bonds is 7. The summed E-state index contributed by atoms with van der Waals surface area (Å²) in [5.41, 5.74) is -0.485. The minimum Gasteiger partial charge on any atom is -0.444 e. The number of ether oxygens (including phenoxy) is 2. The van der Waals surface area contributed by atoms with Gasteiger partial charge in [-0.05, 0) is 46.5 Å². The van der Waals surface area contributed by atoms with Gasteiger partial charge in [-0.1, -0.05) is 0 Å². The molecule has 0 radical (unpaired) electrons. The van der Waals surface area contributed by atoms with Crippen molar-refractivity contribution in [2.75, 3.05) is 19.8 Å². The molecule has 1 amide bonds. The van der Waals surface area contributed by atoms with E-state index in [4.69, 9.17) is 9.47 Å². The van der Waals surface area contributed by atoms with Crippen LogP contribution in [-0.4, -0.2) is 50.0 Å². The minimum absolute atomic E-state index is 0.142. The quantitative estimate of drug-likeness (QED) is 0.708. The van der Waals surface area contributed by atoms with Crippen molar-refractivity contribution in [2.24, 2.45) is 0 Å². The first-order valence-corrected chi connectivity index (χ1v) is 7.85. The van der Waals surface area contributed by atoms with Crippen LogP contribution in [0.15, 0.2) is 0 Å². The van der Waals surface area contributed by atoms with E-state index in [1.165, 1.54) is 0 Å². The molecule has 0 heterocycles. The Morgan fingerprint density at radius 1 is 1.18 bits per heavy atom. The van der Waals surface area contributed by atoms with Crippen molar-refractivity contribution in [1.29, 1.82) is 0 Å². The summed E-state index contributed by atoms with van der Waals surface area (Å²) >= 11 is 0. The molecular weight excluding hydrogens is 294 g/mol. The standard InChI is InChI=1S/C15H28F2N2O3/c1-15(2,3)22-14(20)19-12-6-4-11(5-7-12)18-8-9-21-10-13(16)17/h11-13,18H,4-10H2,1-3H3,(H,19,20). The molecule has 1 saturated carbocycles. The smallest absolute Gasteiger partial charge is 0.407 e. The Hall–Kier alpha value is -0.950. The second kappa shape index (κ2) is 9.25. The number of halogens is 2. The molecule has 22 heavy (non-hydrogen) atoms. The fourth-order valence-corrected chi connectivity index (χ4v) is 2.42. The number of hydrogen-bond donors (Lipinski definition) is 2. The molecule has 1 aliphatic carbocycles. The molecule has 5 nitrogen and oxygen atoms in total. The van der Waals surface area contributed by atoms with E-state index < -0.39 is 18.6 Å². The fourth-order valence-electron chi connectivity index (χ4n) is 2.42. The number of carbonyl (C=O) groups excluding carboxylic acids is 1. The van der Waals surface area contributed by atoms with Crippen LogP contribution < -0.4 is 10.6 Å². The zero-order chi connectivity index (χ0) is 16.6. The third-order valence-corrected chi connectivity index (χ3v) is 3.37. The number of alkyl carbamates (subject to hydrolysis) is 1. The van der Waals surface area contributed by atoms with Crippen LogP contribution in [-0.2, 0) is 9.47 Å². The molecule has 1 rings (SSSR count). The third-order valence-electron chi connectivity index (χ3n) is 3.37. The maximum Gasteiger partial charge on any atom is 0.407 e. The summed E-state index contributed by atoms with van der Waals surface area (Å²) in [6.07, 6.45) is 0.868. The van der Waals surface area contributed by atoms with Crippen LogP contribution >= 0.6 is 0 Å². The van der Waals surface area contributed by atoms with Crippen LogP contribution in [0.4, 0.5) is 13.6 Å². The molecule has 0 aliphatic heterocycles. The summed E-state index contributed by atoms with van der Waals surface area (Å²) in [5.74, 6) is 0. The average molecular weight is 322 g/mol. The number of hydrogen-bond acceptors (Lipinski definition) is 4. The molecule has 130 valence electrons. The van der Waals surface area contributed by atoms with Gasteiger partial charge in [0, 0.05) is 18.6 Å². The van der Waals surface area contributed by atoms with Crippen LogP contribution in [0.2, 0.25) is 0 Å². The summed E-state index contributed by atoms with van der Waals surface area (Å²) in [5, 5.41) is 6.18. The molecule has 0 aromatic rings. The van der Waals surface area contributed by atoms with Gasteiger partial charge in [-0.3, -0.25) is 0 Å². The normalized spacial score (nSPS) is 22.6. The summed E-state index contributed by atoms with van der Waals surface area (Å²) in [6.45, 7) is 5.87. The molecule has 0 aromatic heterocycles. The number of alkyl halides is 2. The SMILES string of the molecule is CC(C)(C)OC(=O)NC1CCC(NCCOCC(F)F)CC1. The van der Waals surface area contributed by atoms with Gasteiger partial charge in [0.25, 0.3) is 6.43 Å². The maximum absolute atomic E-state index is 11.9. The molecule has 0 atom stereocenters. The van der Waals surface area contributed by atoms with Crippen molar-refractivity contribution < 1.29 is 23.0 Å². The van der Waals surface area contributed by atoms with Crippen LogP contribution in [0.3, 0.4) is 0 Å². The van der Waals surface area contributed by atoms with E-state index in [0.29, 0.717) is 19.2 Å². The monoisotopic (exact) mass is 322 g/mol. The molecule has 2 N–H and O–H groups in total. The highest BCUT2D eigenvalue weighted by Crippen LogP contribution is 2.19. The van der Waals surface area contributed by atoms with Crippen molar-refractivity contribution in [2.45, 2.75) is 70.6 Å². The van der Waals surface area contributed by atoms with E-state index >= 15 is 0 Å². The Bertz CT molecular complexity index is 327. The second-order valence-corrected chi connectivity index (χ2v) is 6.61. The van der Waals surface area contributed by atoms with Gasteiger partial charge in [0.2, 0.25) is 0 Å². The van der Waals surface area contributed by atoms with Crippen LogP contribution in [0.5, 0.6) is 0 Å². The predicted octanol–water partition coefficient (Wildman–Crippen LogP) is 2.69. The minimum atomic E-state index is -2.41. The molecule has 0 aromatic carbocycles. The lowest BCUT2D eigenvalue weighted by molar-refractivity contribution is 0.0178. The van der Waals surface area contributed by atoms with Crippen LogP contribution in [0.1, 0.15) is 46.5 Å². The summed E-state index contributed by atoms with van der Waals surface area (Å²) in [6, 6.07) is 0.495. The molecule has 0 unspecified atom stereocenters. The van der Waals surface area contributed by atoms with Gasteiger partial charge in [-0.2, -0.15) is 0 Å². The van der Waals surface area contributed by atoms with Gasteiger partial charge >= 0.3 is 6.09 Å². The van der Waals surface area contributed by atoms with Gasteiger partial charge in [0.05, 0.1) is 6.61 Å². The number of nitrogens with one attached hydrogen (secondary N) is 2. The Labute approximate surface area is 131 Å². The van der Waals surface area contributed by atoms with E-state index in [9.17, 15) is 13.6 Å². The molecule has 0 bridgehead atoms. The average Bonchev–Trinajstić information content (AvgIpc) is 2.37. The van der Waals surface area contributed by atoms with Gasteiger partial charge in [-0.15, -0.1) is 0 Å². The Morgan fingerprint density at radius 2 is 1.77 bits per heavy atom.